The van der Waals surface area contributed by atoms with Crippen molar-refractivity contribution in [1.29, 1.82) is 0 Å². The summed E-state index contributed by atoms with van der Waals surface area (Å²) in [6, 6.07) is 13.3. The zero-order chi connectivity index (χ0) is 26.2. The van der Waals surface area contributed by atoms with Gasteiger partial charge in [0.05, 0.1) is 0 Å². The molecule has 6 nitrogen and oxygen atoms in total. The summed E-state index contributed by atoms with van der Waals surface area (Å²) in [7, 11) is 0. The molecule has 0 aliphatic heterocycles. The molecule has 196 valence electrons. The van der Waals surface area contributed by atoms with E-state index in [-0.39, 0.29) is 24.1 Å². The lowest BCUT2D eigenvalue weighted by Gasteiger charge is -2.28. The second-order valence-electron chi connectivity index (χ2n) is 9.74. The molecule has 0 saturated heterocycles. The number of nitrogens with zero attached hydrogens (tertiary/aromatic N) is 1. The van der Waals surface area contributed by atoms with Crippen LogP contribution in [0.5, 0.6) is 0 Å². The zero-order valence-corrected chi connectivity index (χ0v) is 21.8. The second-order valence-corrected chi connectivity index (χ2v) is 9.74. The predicted octanol–water partition coefficient (Wildman–Crippen LogP) is 6.34. The Kier molecular flexibility index (Phi) is 8.99. The Morgan fingerprint density at radius 2 is 1.68 bits per heavy atom. The van der Waals surface area contributed by atoms with E-state index in [2.05, 4.69) is 29.1 Å². The van der Waals surface area contributed by atoms with Gasteiger partial charge in [-0.05, 0) is 48.7 Å². The average Bonchev–Trinajstić information content (AvgIpc) is 3.51. The smallest absolute Gasteiger partial charge is 0.268 e. The lowest BCUT2D eigenvalue weighted by Crippen LogP contribution is -2.50. The number of aromatic amines is 2. The van der Waals surface area contributed by atoms with Crippen LogP contribution in [-0.2, 0) is 11.2 Å². The summed E-state index contributed by atoms with van der Waals surface area (Å²) in [5, 5.41) is 4.66. The van der Waals surface area contributed by atoms with Gasteiger partial charge in [-0.3, -0.25) is 9.59 Å². The molecule has 0 bridgehead atoms. The Labute approximate surface area is 217 Å². The Balaban J connectivity index is 1.61. The van der Waals surface area contributed by atoms with E-state index < -0.39 is 6.04 Å². The molecule has 0 unspecified atom stereocenters. The first-order valence-corrected chi connectivity index (χ1v) is 13.4. The van der Waals surface area contributed by atoms with Crippen LogP contribution in [0.3, 0.4) is 0 Å². The van der Waals surface area contributed by atoms with E-state index in [1.165, 1.54) is 12.1 Å². The van der Waals surface area contributed by atoms with Crippen LogP contribution in [0.1, 0.15) is 68.4 Å². The molecule has 1 atom stereocenters. The van der Waals surface area contributed by atoms with Gasteiger partial charge in [0.25, 0.3) is 5.91 Å². The minimum Gasteiger partial charge on any atom is -0.361 e. The van der Waals surface area contributed by atoms with E-state index >= 15 is 0 Å². The standard InChI is InChI=1S/C30H37FN4O2/c1-3-5-9-15-35(16-10-6-4-2)30(37)28(18-22-20-32-26-14-13-23(31)19-24(22)26)34-29(36)27-17-21-11-7-8-12-25(21)33-27/h7-8,11-14,17,19-20,28,32-33H,3-6,9-10,15-16,18H2,1-2H3,(H,34,36)/t28-/m0/s1. The molecule has 7 heteroatoms. The van der Waals surface area contributed by atoms with Crippen molar-refractivity contribution in [2.45, 2.75) is 64.8 Å². The third-order valence-corrected chi connectivity index (χ3v) is 6.91. The van der Waals surface area contributed by atoms with Crippen LogP contribution in [-0.4, -0.2) is 45.8 Å². The van der Waals surface area contributed by atoms with Crippen molar-refractivity contribution in [3.8, 4) is 0 Å². The molecule has 2 aromatic heterocycles. The van der Waals surface area contributed by atoms with Crippen LogP contribution in [0.2, 0.25) is 0 Å². The van der Waals surface area contributed by atoms with Crippen molar-refractivity contribution in [3.63, 3.8) is 0 Å². The number of fused-ring (bicyclic) bond motifs is 2. The first-order chi connectivity index (χ1) is 18.0. The fourth-order valence-electron chi connectivity index (χ4n) is 4.83. The number of nitrogens with one attached hydrogen (secondary N) is 3. The molecular formula is C30H37FN4O2. The van der Waals surface area contributed by atoms with E-state index in [0.29, 0.717) is 18.8 Å². The number of amides is 2. The van der Waals surface area contributed by atoms with Gasteiger partial charge < -0.3 is 20.2 Å². The van der Waals surface area contributed by atoms with Gasteiger partial charge in [0, 0.05) is 47.5 Å². The number of carbonyl (C=O) groups is 2. The number of unbranched alkanes of at least 4 members (excludes halogenated alkanes) is 4. The topological polar surface area (TPSA) is 81.0 Å². The summed E-state index contributed by atoms with van der Waals surface area (Å²) in [6.07, 6.45) is 8.16. The van der Waals surface area contributed by atoms with Crippen LogP contribution < -0.4 is 5.32 Å². The summed E-state index contributed by atoms with van der Waals surface area (Å²) in [5.74, 6) is -0.760. The van der Waals surface area contributed by atoms with Gasteiger partial charge in [-0.25, -0.2) is 4.39 Å². The Hall–Kier alpha value is -3.61. The zero-order valence-electron chi connectivity index (χ0n) is 21.8. The van der Waals surface area contributed by atoms with Crippen molar-refractivity contribution < 1.29 is 14.0 Å². The molecule has 0 spiro atoms. The van der Waals surface area contributed by atoms with Crippen LogP contribution in [0.15, 0.2) is 54.7 Å². The SMILES string of the molecule is CCCCCN(CCCCC)C(=O)[C@H](Cc1c[nH]c2ccc(F)cc12)NC(=O)c1cc2ccccc2[nH]1. The van der Waals surface area contributed by atoms with Crippen LogP contribution >= 0.6 is 0 Å². The molecule has 3 N–H and O–H groups in total. The van der Waals surface area contributed by atoms with Crippen molar-refractivity contribution >= 4 is 33.6 Å². The molecule has 2 heterocycles. The average molecular weight is 505 g/mol. The number of aromatic nitrogens is 2. The normalized spacial score (nSPS) is 12.2. The van der Waals surface area contributed by atoms with Gasteiger partial charge in [0.15, 0.2) is 0 Å². The highest BCUT2D eigenvalue weighted by molar-refractivity contribution is 6.00. The van der Waals surface area contributed by atoms with Gasteiger partial charge in [0.1, 0.15) is 17.6 Å². The van der Waals surface area contributed by atoms with Crippen molar-refractivity contribution in [2.24, 2.45) is 0 Å². The third-order valence-electron chi connectivity index (χ3n) is 6.91. The number of hydrogen-bond acceptors (Lipinski definition) is 2. The van der Waals surface area contributed by atoms with E-state index in [0.717, 1.165) is 65.9 Å². The van der Waals surface area contributed by atoms with Crippen molar-refractivity contribution in [3.05, 3.63) is 71.8 Å². The Morgan fingerprint density at radius 3 is 2.38 bits per heavy atom. The summed E-state index contributed by atoms with van der Waals surface area (Å²) >= 11 is 0. The Morgan fingerprint density at radius 1 is 0.946 bits per heavy atom. The summed E-state index contributed by atoms with van der Waals surface area (Å²) in [5.41, 5.74) is 2.87. The van der Waals surface area contributed by atoms with E-state index in [9.17, 15) is 14.0 Å². The molecule has 2 amide bonds. The lowest BCUT2D eigenvalue weighted by molar-refractivity contribution is -0.133. The molecule has 2 aromatic carbocycles. The molecule has 0 radical (unpaired) electrons. The van der Waals surface area contributed by atoms with E-state index in [4.69, 9.17) is 0 Å². The third kappa shape index (κ3) is 6.59. The summed E-state index contributed by atoms with van der Waals surface area (Å²) in [4.78, 5) is 35.5. The highest BCUT2D eigenvalue weighted by Gasteiger charge is 2.28. The molecule has 4 rings (SSSR count). The van der Waals surface area contributed by atoms with Crippen LogP contribution in [0.4, 0.5) is 4.39 Å². The van der Waals surface area contributed by atoms with E-state index in [1.54, 1.807) is 18.3 Å². The maximum atomic E-state index is 14.0. The number of carbonyl (C=O) groups excluding carboxylic acids is 2. The quantitative estimate of drug-likeness (QED) is 0.186. The maximum Gasteiger partial charge on any atom is 0.268 e. The number of H-pyrrole nitrogens is 2. The van der Waals surface area contributed by atoms with Gasteiger partial charge >= 0.3 is 0 Å². The highest BCUT2D eigenvalue weighted by atomic mass is 19.1. The van der Waals surface area contributed by atoms with Gasteiger partial charge in [-0.2, -0.15) is 0 Å². The minimum absolute atomic E-state index is 0.0950. The lowest BCUT2D eigenvalue weighted by atomic mass is 10.0. The minimum atomic E-state index is -0.774. The summed E-state index contributed by atoms with van der Waals surface area (Å²) in [6.45, 7) is 5.61. The molecule has 0 fully saturated rings. The molecule has 0 aliphatic rings. The largest absolute Gasteiger partial charge is 0.361 e. The van der Waals surface area contributed by atoms with Crippen LogP contribution in [0.25, 0.3) is 21.8 Å². The predicted molar refractivity (Wildman–Crippen MR) is 147 cm³/mol. The monoisotopic (exact) mass is 504 g/mol. The van der Waals surface area contributed by atoms with Crippen LogP contribution in [0, 0.1) is 5.82 Å². The fraction of sp³-hybridized carbons (Fsp3) is 0.400. The molecule has 37 heavy (non-hydrogen) atoms. The molecule has 4 aromatic rings. The molecule has 0 saturated carbocycles. The molecular weight excluding hydrogens is 467 g/mol. The number of halogens is 1. The van der Waals surface area contributed by atoms with Gasteiger partial charge in [-0.1, -0.05) is 57.7 Å². The maximum absolute atomic E-state index is 14.0. The first-order valence-electron chi connectivity index (χ1n) is 13.4. The first kappa shape index (κ1) is 26.5. The second kappa shape index (κ2) is 12.6. The van der Waals surface area contributed by atoms with Crippen molar-refractivity contribution in [2.75, 3.05) is 13.1 Å². The van der Waals surface area contributed by atoms with E-state index in [1.807, 2.05) is 29.2 Å². The fourth-order valence-corrected chi connectivity index (χ4v) is 4.83. The highest BCUT2D eigenvalue weighted by Crippen LogP contribution is 2.22. The summed E-state index contributed by atoms with van der Waals surface area (Å²) < 4.78 is 14.0. The van der Waals surface area contributed by atoms with Crippen molar-refractivity contribution in [1.82, 2.24) is 20.2 Å². The number of rotatable bonds is 13. The van der Waals surface area contributed by atoms with Gasteiger partial charge in [-0.15, -0.1) is 0 Å². The number of hydrogen-bond donors (Lipinski definition) is 3. The number of benzene rings is 2. The molecule has 0 aliphatic carbocycles. The number of para-hydroxylation sites is 1. The van der Waals surface area contributed by atoms with Gasteiger partial charge in [0.2, 0.25) is 5.91 Å². The Bertz CT molecular complexity index is 1300.